The third kappa shape index (κ3) is 3.65. The summed E-state index contributed by atoms with van der Waals surface area (Å²) >= 11 is 1.36. The van der Waals surface area contributed by atoms with Crippen molar-refractivity contribution in [1.29, 1.82) is 0 Å². The number of nitro groups is 1. The Balaban J connectivity index is 1.93. The summed E-state index contributed by atoms with van der Waals surface area (Å²) in [6, 6.07) is 5.90. The topological polar surface area (TPSA) is 94.2 Å². The summed E-state index contributed by atoms with van der Waals surface area (Å²) in [5, 5.41) is 17.8. The summed E-state index contributed by atoms with van der Waals surface area (Å²) in [6.07, 6.45) is 0. The normalized spacial score (nSPS) is 10.9. The molecule has 9 heteroatoms. The van der Waals surface area contributed by atoms with Crippen LogP contribution < -0.4 is 4.90 Å². The van der Waals surface area contributed by atoms with Crippen molar-refractivity contribution in [2.75, 3.05) is 4.90 Å². The molecule has 146 valence electrons. The number of rotatable bonds is 5. The number of aryl methyl sites for hydroxylation is 3. The molecule has 0 bridgehead atoms. The second kappa shape index (κ2) is 7.51. The Morgan fingerprint density at radius 1 is 1.29 bits per heavy atom. The second-order valence-electron chi connectivity index (χ2n) is 6.70. The lowest BCUT2D eigenvalue weighted by atomic mass is 10.1. The van der Waals surface area contributed by atoms with Crippen LogP contribution in [-0.2, 0) is 11.3 Å². The number of amides is 1. The average Bonchev–Trinajstić information content (AvgIpc) is 3.14. The summed E-state index contributed by atoms with van der Waals surface area (Å²) < 4.78 is 1.57. The van der Waals surface area contributed by atoms with Gasteiger partial charge in [-0.2, -0.15) is 5.10 Å². The van der Waals surface area contributed by atoms with Crippen LogP contribution in [0.1, 0.15) is 35.1 Å². The molecule has 0 saturated carbocycles. The van der Waals surface area contributed by atoms with Gasteiger partial charge in [0.15, 0.2) is 5.13 Å². The Morgan fingerprint density at radius 2 is 2.00 bits per heavy atom. The van der Waals surface area contributed by atoms with Crippen molar-refractivity contribution >= 4 is 33.8 Å². The van der Waals surface area contributed by atoms with E-state index < -0.39 is 4.92 Å². The highest BCUT2D eigenvalue weighted by atomic mass is 32.1. The van der Waals surface area contributed by atoms with Crippen molar-refractivity contribution < 1.29 is 9.72 Å². The van der Waals surface area contributed by atoms with Crippen molar-refractivity contribution in [2.24, 2.45) is 0 Å². The van der Waals surface area contributed by atoms with Crippen molar-refractivity contribution in [2.45, 2.75) is 41.2 Å². The Labute approximate surface area is 166 Å². The second-order valence-corrected chi connectivity index (χ2v) is 7.54. The number of anilines is 2. The highest BCUT2D eigenvalue weighted by Crippen LogP contribution is 2.32. The third-order valence-corrected chi connectivity index (χ3v) is 5.35. The summed E-state index contributed by atoms with van der Waals surface area (Å²) in [6.45, 7) is 9.06. The minimum atomic E-state index is -0.418. The van der Waals surface area contributed by atoms with Gasteiger partial charge < -0.3 is 0 Å². The summed E-state index contributed by atoms with van der Waals surface area (Å²) in [5.41, 5.74) is 4.47. The molecule has 2 heterocycles. The van der Waals surface area contributed by atoms with E-state index in [1.54, 1.807) is 23.4 Å². The van der Waals surface area contributed by atoms with E-state index in [4.69, 9.17) is 0 Å². The van der Waals surface area contributed by atoms with E-state index in [1.807, 2.05) is 37.4 Å². The maximum absolute atomic E-state index is 12.3. The molecular weight excluding hydrogens is 378 g/mol. The molecule has 1 amide bonds. The predicted molar refractivity (Wildman–Crippen MR) is 108 cm³/mol. The predicted octanol–water partition coefficient (Wildman–Crippen LogP) is 4.21. The zero-order chi connectivity index (χ0) is 20.6. The molecule has 0 aliphatic heterocycles. The molecule has 8 nitrogen and oxygen atoms in total. The van der Waals surface area contributed by atoms with Crippen LogP contribution in [0.2, 0.25) is 0 Å². The van der Waals surface area contributed by atoms with E-state index in [0.717, 1.165) is 16.8 Å². The highest BCUT2D eigenvalue weighted by molar-refractivity contribution is 7.14. The molecular formula is C19H21N5O3S. The van der Waals surface area contributed by atoms with Gasteiger partial charge in [-0.05, 0) is 39.3 Å². The highest BCUT2D eigenvalue weighted by Gasteiger charge is 2.23. The van der Waals surface area contributed by atoms with E-state index in [-0.39, 0.29) is 11.6 Å². The Morgan fingerprint density at radius 3 is 2.57 bits per heavy atom. The van der Waals surface area contributed by atoms with Gasteiger partial charge in [0.1, 0.15) is 11.4 Å². The zero-order valence-corrected chi connectivity index (χ0v) is 17.2. The quantitative estimate of drug-likeness (QED) is 0.473. The maximum atomic E-state index is 12.3. The van der Waals surface area contributed by atoms with Crippen molar-refractivity contribution in [3.8, 4) is 0 Å². The van der Waals surface area contributed by atoms with Gasteiger partial charge in [-0.15, -0.1) is 11.3 Å². The van der Waals surface area contributed by atoms with Gasteiger partial charge in [-0.1, -0.05) is 17.7 Å². The van der Waals surface area contributed by atoms with Crippen LogP contribution in [0.4, 0.5) is 16.5 Å². The standard InChI is InChI=1S/C19H21N5O3S/c1-11-6-7-17(12(2)8-11)23(15(5)25)19-20-16(10-28-19)9-22-14(4)18(24(26)27)13(3)21-22/h6-8,10H,9H2,1-5H3. The molecule has 28 heavy (non-hydrogen) atoms. The number of thiazole rings is 1. The van der Waals surface area contributed by atoms with Gasteiger partial charge in [-0.25, -0.2) is 4.98 Å². The number of hydrogen-bond donors (Lipinski definition) is 0. The molecule has 0 spiro atoms. The van der Waals surface area contributed by atoms with Gasteiger partial charge in [0.25, 0.3) is 0 Å². The first kappa shape index (κ1) is 19.7. The molecule has 0 aliphatic rings. The lowest BCUT2D eigenvalue weighted by Crippen LogP contribution is -2.23. The van der Waals surface area contributed by atoms with Crippen LogP contribution in [0, 0.1) is 37.8 Å². The molecule has 0 unspecified atom stereocenters. The SMILES string of the molecule is CC(=O)N(c1nc(Cn2nc(C)c([N+](=O)[O-])c2C)cs1)c1ccc(C)cc1C. The first-order valence-electron chi connectivity index (χ1n) is 8.69. The number of benzene rings is 1. The number of carbonyl (C=O) groups is 1. The van der Waals surface area contributed by atoms with Crippen LogP contribution in [0.15, 0.2) is 23.6 Å². The molecule has 0 radical (unpaired) electrons. The van der Waals surface area contributed by atoms with E-state index in [0.29, 0.717) is 28.8 Å². The lowest BCUT2D eigenvalue weighted by molar-refractivity contribution is -0.386. The Kier molecular flexibility index (Phi) is 5.28. The minimum absolute atomic E-state index is 0.0242. The van der Waals surface area contributed by atoms with Gasteiger partial charge in [0, 0.05) is 12.3 Å². The largest absolute Gasteiger partial charge is 0.312 e. The number of aromatic nitrogens is 3. The fourth-order valence-corrected chi connectivity index (χ4v) is 4.07. The molecule has 0 atom stereocenters. The molecule has 3 aromatic rings. The Bertz CT molecular complexity index is 1070. The van der Waals surface area contributed by atoms with Gasteiger partial charge >= 0.3 is 5.69 Å². The zero-order valence-electron chi connectivity index (χ0n) is 16.4. The molecule has 3 rings (SSSR count). The molecule has 0 N–H and O–H groups in total. The van der Waals surface area contributed by atoms with E-state index in [1.165, 1.54) is 18.3 Å². The Hall–Kier alpha value is -3.07. The first-order valence-corrected chi connectivity index (χ1v) is 9.57. The molecule has 0 saturated heterocycles. The van der Waals surface area contributed by atoms with Crippen molar-refractivity contribution in [3.63, 3.8) is 0 Å². The van der Waals surface area contributed by atoms with Crippen molar-refractivity contribution in [3.05, 3.63) is 61.9 Å². The van der Waals surface area contributed by atoms with Gasteiger partial charge in [0.05, 0.1) is 22.8 Å². The average molecular weight is 399 g/mol. The lowest BCUT2D eigenvalue weighted by Gasteiger charge is -2.20. The smallest absolute Gasteiger partial charge is 0.274 e. The van der Waals surface area contributed by atoms with Crippen molar-refractivity contribution in [1.82, 2.24) is 14.8 Å². The van der Waals surface area contributed by atoms with Crippen LogP contribution in [0.5, 0.6) is 0 Å². The van der Waals surface area contributed by atoms with Gasteiger partial charge in [-0.3, -0.25) is 24.5 Å². The number of nitrogens with zero attached hydrogens (tertiary/aromatic N) is 5. The summed E-state index contributed by atoms with van der Waals surface area (Å²) in [7, 11) is 0. The van der Waals surface area contributed by atoms with Crippen LogP contribution >= 0.6 is 11.3 Å². The first-order chi connectivity index (χ1) is 13.2. The van der Waals surface area contributed by atoms with E-state index in [2.05, 4.69) is 10.1 Å². The van der Waals surface area contributed by atoms with E-state index in [9.17, 15) is 14.9 Å². The van der Waals surface area contributed by atoms with Crippen LogP contribution in [0.3, 0.4) is 0 Å². The van der Waals surface area contributed by atoms with Gasteiger partial charge in [0.2, 0.25) is 5.91 Å². The summed E-state index contributed by atoms with van der Waals surface area (Å²) in [5.74, 6) is -0.130. The fourth-order valence-electron chi connectivity index (χ4n) is 3.19. The molecule has 0 aliphatic carbocycles. The number of carbonyl (C=O) groups excluding carboxylic acids is 1. The molecule has 2 aromatic heterocycles. The molecule has 0 fully saturated rings. The van der Waals surface area contributed by atoms with Crippen LogP contribution in [-0.4, -0.2) is 25.6 Å². The molecule has 1 aromatic carbocycles. The summed E-state index contributed by atoms with van der Waals surface area (Å²) in [4.78, 5) is 29.3. The van der Waals surface area contributed by atoms with E-state index >= 15 is 0 Å². The fraction of sp³-hybridized carbons (Fsp3) is 0.316. The maximum Gasteiger partial charge on any atom is 0.312 e. The minimum Gasteiger partial charge on any atom is -0.274 e. The monoisotopic (exact) mass is 399 g/mol. The third-order valence-electron chi connectivity index (χ3n) is 4.48. The van der Waals surface area contributed by atoms with Crippen LogP contribution in [0.25, 0.3) is 0 Å². The number of hydrogen-bond acceptors (Lipinski definition) is 6.